The van der Waals surface area contributed by atoms with Crippen molar-refractivity contribution in [3.63, 3.8) is 0 Å². The fraction of sp³-hybridized carbons (Fsp3) is 0.208. The lowest BCUT2D eigenvalue weighted by molar-refractivity contribution is -0.127. The summed E-state index contributed by atoms with van der Waals surface area (Å²) < 4.78 is 11.1. The molecule has 0 radical (unpaired) electrons. The quantitative estimate of drug-likeness (QED) is 0.633. The summed E-state index contributed by atoms with van der Waals surface area (Å²) in [7, 11) is 0. The predicted octanol–water partition coefficient (Wildman–Crippen LogP) is 2.75. The number of ketones is 1. The van der Waals surface area contributed by atoms with E-state index in [2.05, 4.69) is 11.7 Å². The van der Waals surface area contributed by atoms with Gasteiger partial charge in [-0.3, -0.25) is 14.5 Å². The molecule has 0 aliphatic carbocycles. The van der Waals surface area contributed by atoms with Crippen LogP contribution in [0.5, 0.6) is 5.75 Å². The van der Waals surface area contributed by atoms with Gasteiger partial charge in [0.2, 0.25) is 0 Å². The number of aliphatic hydroxyl groups is 2. The first-order valence-corrected chi connectivity index (χ1v) is 10.1. The summed E-state index contributed by atoms with van der Waals surface area (Å²) in [5.41, 5.74) is 6.26. The second-order valence-corrected chi connectivity index (χ2v) is 8.29. The maximum absolute atomic E-state index is 13.3. The molecule has 1 aromatic heterocycles. The number of hydrogen-bond donors (Lipinski definition) is 3. The number of carbonyl (C=O) groups excluding carboxylic acids is 2. The van der Waals surface area contributed by atoms with Crippen LogP contribution < -0.4 is 10.5 Å². The van der Waals surface area contributed by atoms with Crippen LogP contribution in [0.15, 0.2) is 82.8 Å². The van der Waals surface area contributed by atoms with E-state index in [0.717, 1.165) is 4.90 Å². The number of Topliss-reactive ketones (excluding diaryl/α,β-unsaturated/α-hetero) is 1. The van der Waals surface area contributed by atoms with Crippen LogP contribution in [0.3, 0.4) is 0 Å². The second-order valence-electron chi connectivity index (χ2n) is 8.29. The van der Waals surface area contributed by atoms with Crippen LogP contribution in [0.2, 0.25) is 0 Å². The number of nitrogens with two attached hydrogens (primary N) is 1. The number of fused-ring (bicyclic) bond motifs is 3. The van der Waals surface area contributed by atoms with Crippen molar-refractivity contribution in [1.82, 2.24) is 10.1 Å². The molecule has 2 aliphatic heterocycles. The molecule has 0 saturated carbocycles. The van der Waals surface area contributed by atoms with E-state index in [-0.39, 0.29) is 17.2 Å². The molecule has 170 valence electrons. The number of ether oxygens (including phenoxy) is 1. The molecule has 1 amide bonds. The van der Waals surface area contributed by atoms with Gasteiger partial charge in [0.25, 0.3) is 5.91 Å². The zero-order valence-corrected chi connectivity index (χ0v) is 18.1. The van der Waals surface area contributed by atoms with E-state index < -0.39 is 35.5 Å². The number of rotatable bonds is 5. The van der Waals surface area contributed by atoms with E-state index >= 15 is 0 Å². The SMILES string of the molecule is C=C/C(=C1\C=C(/N)N2C(=O)C(O)=C(C(=O)C(C)(C)CO)C2c2ccccc2O1)c1ccon1. The third-order valence-electron chi connectivity index (χ3n) is 5.64. The minimum atomic E-state index is -1.23. The molecule has 2 aromatic rings. The summed E-state index contributed by atoms with van der Waals surface area (Å²) in [6.45, 7) is 6.39. The zero-order chi connectivity index (χ0) is 23.9. The van der Waals surface area contributed by atoms with Crippen LogP contribution in [0.4, 0.5) is 0 Å². The fourth-order valence-corrected chi connectivity index (χ4v) is 3.80. The van der Waals surface area contributed by atoms with Crippen molar-refractivity contribution < 1.29 is 29.1 Å². The Labute approximate surface area is 189 Å². The molecule has 0 fully saturated rings. The summed E-state index contributed by atoms with van der Waals surface area (Å²) in [5.74, 6) is -1.60. The predicted molar refractivity (Wildman–Crippen MR) is 118 cm³/mol. The number of allylic oxidation sites excluding steroid dienone is 3. The lowest BCUT2D eigenvalue weighted by Crippen LogP contribution is -2.37. The number of carbonyl (C=O) groups is 2. The fourth-order valence-electron chi connectivity index (χ4n) is 3.80. The molecule has 1 aromatic carbocycles. The Morgan fingerprint density at radius 3 is 2.70 bits per heavy atom. The average Bonchev–Trinajstić information content (AvgIpc) is 3.40. The summed E-state index contributed by atoms with van der Waals surface area (Å²) in [4.78, 5) is 27.5. The van der Waals surface area contributed by atoms with Crippen molar-refractivity contribution in [1.29, 1.82) is 0 Å². The van der Waals surface area contributed by atoms with Crippen LogP contribution in [0.25, 0.3) is 5.57 Å². The van der Waals surface area contributed by atoms with Gasteiger partial charge in [-0.05, 0) is 6.07 Å². The van der Waals surface area contributed by atoms with Gasteiger partial charge < -0.3 is 25.2 Å². The molecule has 9 heteroatoms. The molecule has 3 heterocycles. The highest BCUT2D eigenvalue weighted by Gasteiger charge is 2.49. The first kappa shape index (κ1) is 22.1. The molecular weight excluding hydrogens is 426 g/mol. The highest BCUT2D eigenvalue weighted by molar-refractivity contribution is 6.11. The third kappa shape index (κ3) is 3.52. The standard InChI is InChI=1S/C24H23N3O6/c1-4-13(15-9-10-32-26-15)17-11-18(25)27-20(14-7-5-6-8-16(14)33-17)19(21(29)23(27)31)22(30)24(2,3)12-28/h4-11,20,28-29H,1,12,25H2,2-3H3/b17-13-,18-11+. The van der Waals surface area contributed by atoms with Crippen molar-refractivity contribution in [3.05, 3.63) is 89.5 Å². The summed E-state index contributed by atoms with van der Waals surface area (Å²) in [6, 6.07) is 7.38. The van der Waals surface area contributed by atoms with Crippen molar-refractivity contribution in [2.45, 2.75) is 19.9 Å². The van der Waals surface area contributed by atoms with Gasteiger partial charge in [-0.1, -0.05) is 49.9 Å². The van der Waals surface area contributed by atoms with E-state index in [0.29, 0.717) is 22.6 Å². The molecule has 9 nitrogen and oxygen atoms in total. The van der Waals surface area contributed by atoms with E-state index in [4.69, 9.17) is 15.0 Å². The van der Waals surface area contributed by atoms with Gasteiger partial charge in [-0.2, -0.15) is 0 Å². The van der Waals surface area contributed by atoms with Gasteiger partial charge >= 0.3 is 0 Å². The summed E-state index contributed by atoms with van der Waals surface area (Å²) in [5, 5.41) is 24.4. The molecule has 4 rings (SSSR count). The van der Waals surface area contributed by atoms with Crippen molar-refractivity contribution >= 4 is 17.3 Å². The highest BCUT2D eigenvalue weighted by atomic mass is 16.5. The molecule has 1 atom stereocenters. The Bertz CT molecular complexity index is 1240. The molecule has 4 N–H and O–H groups in total. The molecule has 1 unspecified atom stereocenters. The summed E-state index contributed by atoms with van der Waals surface area (Å²) >= 11 is 0. The normalized spacial score (nSPS) is 21.3. The first-order chi connectivity index (χ1) is 15.7. The Kier molecular flexibility index (Phi) is 5.43. The number of hydrogen-bond acceptors (Lipinski definition) is 8. The van der Waals surface area contributed by atoms with Crippen LogP contribution in [-0.4, -0.2) is 38.6 Å². The maximum atomic E-state index is 13.3. The number of benzene rings is 1. The van der Waals surface area contributed by atoms with Crippen LogP contribution >= 0.6 is 0 Å². The average molecular weight is 449 g/mol. The Morgan fingerprint density at radius 2 is 2.06 bits per heavy atom. The van der Waals surface area contributed by atoms with Crippen LogP contribution in [-0.2, 0) is 9.59 Å². The topological polar surface area (TPSA) is 139 Å². The van der Waals surface area contributed by atoms with Gasteiger partial charge in [0.15, 0.2) is 11.5 Å². The van der Waals surface area contributed by atoms with Crippen molar-refractivity contribution in [2.24, 2.45) is 11.1 Å². The van der Waals surface area contributed by atoms with Gasteiger partial charge in [0, 0.05) is 23.3 Å². The van der Waals surface area contributed by atoms with Gasteiger partial charge in [-0.25, -0.2) is 0 Å². The monoisotopic (exact) mass is 449 g/mol. The molecule has 0 bridgehead atoms. The first-order valence-electron chi connectivity index (χ1n) is 10.1. The van der Waals surface area contributed by atoms with Gasteiger partial charge in [0.05, 0.1) is 23.6 Å². The molecule has 2 aliphatic rings. The summed E-state index contributed by atoms with van der Waals surface area (Å²) in [6.07, 6.45) is 4.31. The second kappa shape index (κ2) is 8.10. The molecular formula is C24H23N3O6. The zero-order valence-electron chi connectivity index (χ0n) is 18.1. The lowest BCUT2D eigenvalue weighted by atomic mass is 9.81. The Hall–Kier alpha value is -4.11. The van der Waals surface area contributed by atoms with Gasteiger partial charge in [0.1, 0.15) is 29.3 Å². The molecule has 0 spiro atoms. The smallest absolute Gasteiger partial charge is 0.295 e. The van der Waals surface area contributed by atoms with Crippen LogP contribution in [0, 0.1) is 5.41 Å². The maximum Gasteiger partial charge on any atom is 0.295 e. The Balaban J connectivity index is 1.96. The minimum Gasteiger partial charge on any atom is -0.503 e. The number of aromatic nitrogens is 1. The van der Waals surface area contributed by atoms with Crippen molar-refractivity contribution in [3.8, 4) is 5.75 Å². The number of nitrogens with zero attached hydrogens (tertiary/aromatic N) is 2. The Morgan fingerprint density at radius 1 is 1.33 bits per heavy atom. The van der Waals surface area contributed by atoms with Crippen molar-refractivity contribution in [2.75, 3.05) is 6.61 Å². The van der Waals surface area contributed by atoms with Gasteiger partial charge in [-0.15, -0.1) is 0 Å². The van der Waals surface area contributed by atoms with E-state index in [1.165, 1.54) is 32.3 Å². The van der Waals surface area contributed by atoms with Crippen LogP contribution in [0.1, 0.15) is 31.1 Å². The highest BCUT2D eigenvalue weighted by Crippen LogP contribution is 2.46. The molecule has 0 saturated heterocycles. The largest absolute Gasteiger partial charge is 0.503 e. The lowest BCUT2D eigenvalue weighted by Gasteiger charge is -2.32. The van der Waals surface area contributed by atoms with E-state index in [9.17, 15) is 19.8 Å². The number of amides is 1. The number of aliphatic hydroxyl groups excluding tert-OH is 2. The third-order valence-corrected chi connectivity index (χ3v) is 5.64. The van der Waals surface area contributed by atoms with E-state index in [1.54, 1.807) is 30.3 Å². The minimum absolute atomic E-state index is 0.0616. The van der Waals surface area contributed by atoms with E-state index in [1.807, 2.05) is 0 Å². The number of para-hydroxylation sites is 1. The molecule has 33 heavy (non-hydrogen) atoms.